The molecule has 4 nitrogen and oxygen atoms in total. The molecule has 0 fully saturated rings. The predicted molar refractivity (Wildman–Crippen MR) is 66.4 cm³/mol. The number of aryl methyl sites for hydroxylation is 1. The number of aromatic nitrogens is 2. The maximum Gasteiger partial charge on any atom is 0.113 e. The molecule has 16 heavy (non-hydrogen) atoms. The summed E-state index contributed by atoms with van der Waals surface area (Å²) in [7, 11) is 0. The third-order valence-electron chi connectivity index (χ3n) is 2.54. The third kappa shape index (κ3) is 1.86. The Morgan fingerprint density at radius 2 is 2.06 bits per heavy atom. The van der Waals surface area contributed by atoms with Gasteiger partial charge in [0, 0.05) is 24.5 Å². The summed E-state index contributed by atoms with van der Waals surface area (Å²) in [6.07, 6.45) is 5.77. The summed E-state index contributed by atoms with van der Waals surface area (Å²) in [5, 5.41) is 0. The van der Waals surface area contributed by atoms with Crippen molar-refractivity contribution in [1.82, 2.24) is 9.55 Å². The standard InChI is InChI=1S/C12H16N4/c1-2-3-12-15-6-7-16(12)9-4-5-10(13)11(14)8-9/h4-8H,2-3,13-14H2,1H3. The fourth-order valence-electron chi connectivity index (χ4n) is 1.69. The van der Waals surface area contributed by atoms with Crippen LogP contribution in [-0.4, -0.2) is 9.55 Å². The van der Waals surface area contributed by atoms with Crippen molar-refractivity contribution >= 4 is 11.4 Å². The maximum absolute atomic E-state index is 5.79. The molecular weight excluding hydrogens is 200 g/mol. The molecule has 0 spiro atoms. The van der Waals surface area contributed by atoms with Gasteiger partial charge in [-0.2, -0.15) is 0 Å². The van der Waals surface area contributed by atoms with Crippen LogP contribution in [0.2, 0.25) is 0 Å². The molecule has 1 aromatic carbocycles. The Balaban J connectivity index is 2.42. The minimum atomic E-state index is 0.605. The van der Waals surface area contributed by atoms with E-state index < -0.39 is 0 Å². The van der Waals surface area contributed by atoms with E-state index in [4.69, 9.17) is 11.5 Å². The van der Waals surface area contributed by atoms with Crippen LogP contribution in [0.15, 0.2) is 30.6 Å². The molecule has 1 aromatic heterocycles. The van der Waals surface area contributed by atoms with Crippen LogP contribution < -0.4 is 11.5 Å². The molecule has 0 aliphatic rings. The van der Waals surface area contributed by atoms with Gasteiger partial charge in [-0.15, -0.1) is 0 Å². The molecule has 0 saturated heterocycles. The number of anilines is 2. The van der Waals surface area contributed by atoms with Crippen molar-refractivity contribution in [2.24, 2.45) is 0 Å². The lowest BCUT2D eigenvalue weighted by molar-refractivity contribution is 0.809. The van der Waals surface area contributed by atoms with Gasteiger partial charge in [0.1, 0.15) is 5.82 Å². The largest absolute Gasteiger partial charge is 0.397 e. The second-order valence-electron chi connectivity index (χ2n) is 3.78. The van der Waals surface area contributed by atoms with Crippen molar-refractivity contribution in [2.75, 3.05) is 11.5 Å². The minimum Gasteiger partial charge on any atom is -0.397 e. The smallest absolute Gasteiger partial charge is 0.113 e. The van der Waals surface area contributed by atoms with Crippen molar-refractivity contribution in [2.45, 2.75) is 19.8 Å². The molecular formula is C12H16N4. The van der Waals surface area contributed by atoms with E-state index in [1.807, 2.05) is 29.0 Å². The van der Waals surface area contributed by atoms with Gasteiger partial charge >= 0.3 is 0 Å². The molecule has 0 aliphatic carbocycles. The summed E-state index contributed by atoms with van der Waals surface area (Å²) in [4.78, 5) is 4.33. The van der Waals surface area contributed by atoms with E-state index in [9.17, 15) is 0 Å². The lowest BCUT2D eigenvalue weighted by atomic mass is 10.2. The van der Waals surface area contributed by atoms with E-state index in [0.29, 0.717) is 11.4 Å². The van der Waals surface area contributed by atoms with Crippen LogP contribution in [0.25, 0.3) is 5.69 Å². The molecule has 2 rings (SSSR count). The molecule has 2 aromatic rings. The quantitative estimate of drug-likeness (QED) is 0.771. The summed E-state index contributed by atoms with van der Waals surface area (Å²) in [6.45, 7) is 2.14. The van der Waals surface area contributed by atoms with Crippen LogP contribution in [0, 0.1) is 0 Å². The number of hydrogen-bond donors (Lipinski definition) is 2. The number of rotatable bonds is 3. The first-order valence-electron chi connectivity index (χ1n) is 5.40. The number of hydrogen-bond acceptors (Lipinski definition) is 3. The third-order valence-corrected chi connectivity index (χ3v) is 2.54. The topological polar surface area (TPSA) is 69.9 Å². The molecule has 4 N–H and O–H groups in total. The van der Waals surface area contributed by atoms with Crippen molar-refractivity contribution in [3.63, 3.8) is 0 Å². The number of nitrogens with two attached hydrogens (primary N) is 2. The minimum absolute atomic E-state index is 0.605. The van der Waals surface area contributed by atoms with E-state index in [-0.39, 0.29) is 0 Å². The average molecular weight is 216 g/mol. The highest BCUT2D eigenvalue weighted by Gasteiger charge is 2.05. The second-order valence-corrected chi connectivity index (χ2v) is 3.78. The zero-order valence-corrected chi connectivity index (χ0v) is 9.35. The van der Waals surface area contributed by atoms with E-state index in [1.54, 1.807) is 6.20 Å². The molecule has 4 heteroatoms. The number of nitrogens with zero attached hydrogens (tertiary/aromatic N) is 2. The summed E-state index contributed by atoms with van der Waals surface area (Å²) in [5.41, 5.74) is 13.7. The highest BCUT2D eigenvalue weighted by molar-refractivity contribution is 5.66. The number of nitrogen functional groups attached to an aromatic ring is 2. The van der Waals surface area contributed by atoms with E-state index in [2.05, 4.69) is 11.9 Å². The first kappa shape index (κ1) is 10.5. The first-order valence-corrected chi connectivity index (χ1v) is 5.40. The van der Waals surface area contributed by atoms with Crippen molar-refractivity contribution in [3.8, 4) is 5.69 Å². The lowest BCUT2D eigenvalue weighted by Crippen LogP contribution is -2.02. The van der Waals surface area contributed by atoms with Crippen LogP contribution in [-0.2, 0) is 6.42 Å². The van der Waals surface area contributed by atoms with Crippen LogP contribution >= 0.6 is 0 Å². The monoisotopic (exact) mass is 216 g/mol. The van der Waals surface area contributed by atoms with Crippen LogP contribution in [0.3, 0.4) is 0 Å². The Morgan fingerprint density at radius 1 is 1.25 bits per heavy atom. The Kier molecular flexibility index (Phi) is 2.81. The zero-order chi connectivity index (χ0) is 11.5. The van der Waals surface area contributed by atoms with Gasteiger partial charge in [0.15, 0.2) is 0 Å². The van der Waals surface area contributed by atoms with Crippen LogP contribution in [0.1, 0.15) is 19.2 Å². The fourth-order valence-corrected chi connectivity index (χ4v) is 1.69. The Hall–Kier alpha value is -1.97. The summed E-state index contributed by atoms with van der Waals surface area (Å²) in [6, 6.07) is 5.64. The predicted octanol–water partition coefficient (Wildman–Crippen LogP) is 1.99. The molecule has 0 aliphatic heterocycles. The first-order chi connectivity index (χ1) is 7.72. The molecule has 0 atom stereocenters. The van der Waals surface area contributed by atoms with Gasteiger partial charge in [-0.25, -0.2) is 4.98 Å². The van der Waals surface area contributed by atoms with Crippen LogP contribution in [0.4, 0.5) is 11.4 Å². The summed E-state index contributed by atoms with van der Waals surface area (Å²) < 4.78 is 2.04. The molecule has 0 unspecified atom stereocenters. The van der Waals surface area contributed by atoms with Crippen molar-refractivity contribution < 1.29 is 0 Å². The van der Waals surface area contributed by atoms with Gasteiger partial charge < -0.3 is 16.0 Å². The SMILES string of the molecule is CCCc1nccn1-c1ccc(N)c(N)c1. The van der Waals surface area contributed by atoms with Crippen molar-refractivity contribution in [3.05, 3.63) is 36.4 Å². The van der Waals surface area contributed by atoms with Crippen LogP contribution in [0.5, 0.6) is 0 Å². The normalized spacial score (nSPS) is 10.6. The summed E-state index contributed by atoms with van der Waals surface area (Å²) >= 11 is 0. The molecule has 0 bridgehead atoms. The highest BCUT2D eigenvalue weighted by atomic mass is 15.1. The Bertz CT molecular complexity index is 488. The average Bonchev–Trinajstić information content (AvgIpc) is 2.71. The van der Waals surface area contributed by atoms with Gasteiger partial charge in [0.2, 0.25) is 0 Å². The van der Waals surface area contributed by atoms with Gasteiger partial charge in [-0.05, 0) is 24.6 Å². The van der Waals surface area contributed by atoms with Gasteiger partial charge in [0.25, 0.3) is 0 Å². The Labute approximate surface area is 94.9 Å². The zero-order valence-electron chi connectivity index (χ0n) is 9.35. The number of imidazole rings is 1. The van der Waals surface area contributed by atoms with E-state index >= 15 is 0 Å². The fraction of sp³-hybridized carbons (Fsp3) is 0.250. The second kappa shape index (κ2) is 4.26. The molecule has 84 valence electrons. The molecule has 1 heterocycles. The molecule has 0 saturated carbocycles. The maximum atomic E-state index is 5.79. The van der Waals surface area contributed by atoms with Gasteiger partial charge in [-0.1, -0.05) is 6.92 Å². The lowest BCUT2D eigenvalue weighted by Gasteiger charge is -2.09. The number of benzene rings is 1. The summed E-state index contributed by atoms with van der Waals surface area (Å²) in [5.74, 6) is 1.05. The van der Waals surface area contributed by atoms with Gasteiger partial charge in [-0.3, -0.25) is 0 Å². The van der Waals surface area contributed by atoms with E-state index in [1.165, 1.54) is 0 Å². The highest BCUT2D eigenvalue weighted by Crippen LogP contribution is 2.20. The van der Waals surface area contributed by atoms with E-state index in [0.717, 1.165) is 24.4 Å². The van der Waals surface area contributed by atoms with Gasteiger partial charge in [0.05, 0.1) is 11.4 Å². The molecule has 0 amide bonds. The van der Waals surface area contributed by atoms with Crippen molar-refractivity contribution in [1.29, 1.82) is 0 Å². The molecule has 0 radical (unpaired) electrons. The Morgan fingerprint density at radius 3 is 2.75 bits per heavy atom.